The molecule has 0 aromatic heterocycles. The molecule has 2 spiro atoms. The number of carbonyl (C=O) groups excluding carboxylic acids is 2. The largest absolute Gasteiger partial charge is 0.501 e. The van der Waals surface area contributed by atoms with E-state index in [1.807, 2.05) is 12.0 Å². The number of carbonyl (C=O) groups is 2. The molecular weight excluding hydrogens is 358 g/mol. The van der Waals surface area contributed by atoms with Crippen molar-refractivity contribution < 1.29 is 23.8 Å². The van der Waals surface area contributed by atoms with Crippen LogP contribution < -0.4 is 0 Å². The predicted molar refractivity (Wildman–Crippen MR) is 99.2 cm³/mol. The summed E-state index contributed by atoms with van der Waals surface area (Å²) >= 11 is 0. The van der Waals surface area contributed by atoms with Gasteiger partial charge in [0.1, 0.15) is 0 Å². The minimum atomic E-state index is -0.208. The van der Waals surface area contributed by atoms with E-state index in [2.05, 4.69) is 0 Å². The molecule has 0 N–H and O–H groups in total. The van der Waals surface area contributed by atoms with Crippen LogP contribution in [0.25, 0.3) is 0 Å². The second-order valence-electron chi connectivity index (χ2n) is 9.92. The number of ketones is 1. The third kappa shape index (κ3) is 1.57. The first-order valence-electron chi connectivity index (χ1n) is 10.7. The van der Waals surface area contributed by atoms with Crippen molar-refractivity contribution in [1.82, 2.24) is 4.90 Å². The summed E-state index contributed by atoms with van der Waals surface area (Å²) in [5, 5.41) is 0. The highest BCUT2D eigenvalue weighted by Gasteiger charge is 2.86. The molecule has 9 atom stereocenters. The number of rotatable bonds is 2. The number of likely N-dealkylation sites (tertiary alicyclic amines) is 1. The van der Waals surface area contributed by atoms with Gasteiger partial charge in [-0.15, -0.1) is 0 Å². The van der Waals surface area contributed by atoms with E-state index in [0.29, 0.717) is 23.7 Å². The number of hydrogen-bond donors (Lipinski definition) is 0. The summed E-state index contributed by atoms with van der Waals surface area (Å²) in [4.78, 5) is 27.8. The molecule has 1 saturated heterocycles. The summed E-state index contributed by atoms with van der Waals surface area (Å²) in [6.45, 7) is 0.797. The van der Waals surface area contributed by atoms with E-state index in [-0.39, 0.29) is 40.8 Å². The van der Waals surface area contributed by atoms with Crippen LogP contribution in [0.2, 0.25) is 0 Å². The number of methoxy groups -OCH3 is 3. The van der Waals surface area contributed by atoms with Gasteiger partial charge in [0.2, 0.25) is 0 Å². The Hall–Kier alpha value is -1.56. The molecule has 152 valence electrons. The second kappa shape index (κ2) is 5.32. The van der Waals surface area contributed by atoms with Gasteiger partial charge >= 0.3 is 6.09 Å². The number of amides is 1. The monoisotopic (exact) mass is 387 g/mol. The molecule has 6 nitrogen and oxygen atoms in total. The lowest BCUT2D eigenvalue weighted by molar-refractivity contribution is -0.222. The first kappa shape index (κ1) is 17.3. The zero-order valence-electron chi connectivity index (χ0n) is 16.8. The molecule has 0 radical (unpaired) electrons. The molecule has 6 heteroatoms. The zero-order chi connectivity index (χ0) is 19.4. The van der Waals surface area contributed by atoms with Gasteiger partial charge in [0, 0.05) is 43.5 Å². The fourth-order valence-corrected chi connectivity index (χ4v) is 9.37. The van der Waals surface area contributed by atoms with Crippen molar-refractivity contribution in [3.63, 3.8) is 0 Å². The maximum Gasteiger partial charge on any atom is 0.409 e. The fraction of sp³-hybridized carbons (Fsp3) is 0.818. The first-order valence-corrected chi connectivity index (χ1v) is 10.7. The summed E-state index contributed by atoms with van der Waals surface area (Å²) in [5.41, 5.74) is -0.0879. The van der Waals surface area contributed by atoms with E-state index in [4.69, 9.17) is 14.2 Å². The summed E-state index contributed by atoms with van der Waals surface area (Å²) in [6.07, 6.45) is 6.73. The van der Waals surface area contributed by atoms with Gasteiger partial charge in [0.05, 0.1) is 26.1 Å². The Bertz CT molecular complexity index is 794. The van der Waals surface area contributed by atoms with Crippen LogP contribution in [0.4, 0.5) is 4.79 Å². The van der Waals surface area contributed by atoms with E-state index >= 15 is 0 Å². The number of hydrogen-bond acceptors (Lipinski definition) is 5. The van der Waals surface area contributed by atoms with Crippen LogP contribution in [0.1, 0.15) is 32.1 Å². The van der Waals surface area contributed by atoms with Gasteiger partial charge < -0.3 is 19.1 Å². The third-order valence-corrected chi connectivity index (χ3v) is 9.88. The average molecular weight is 387 g/mol. The van der Waals surface area contributed by atoms with Crippen LogP contribution in [0.5, 0.6) is 0 Å². The smallest absolute Gasteiger partial charge is 0.409 e. The van der Waals surface area contributed by atoms with Crippen LogP contribution in [-0.2, 0) is 19.0 Å². The van der Waals surface area contributed by atoms with Crippen molar-refractivity contribution in [2.45, 2.75) is 44.2 Å². The predicted octanol–water partition coefficient (Wildman–Crippen LogP) is 2.62. The number of nitrogens with zero attached hydrogens (tertiary/aromatic N) is 1. The normalized spacial score (nSPS) is 52.4. The molecule has 1 amide bonds. The summed E-state index contributed by atoms with van der Waals surface area (Å²) < 4.78 is 17.0. The van der Waals surface area contributed by atoms with Crippen molar-refractivity contribution >= 4 is 11.9 Å². The summed E-state index contributed by atoms with van der Waals surface area (Å²) in [7, 11) is 4.99. The highest BCUT2D eigenvalue weighted by atomic mass is 16.5. The zero-order valence-corrected chi connectivity index (χ0v) is 16.8. The standard InChI is InChI=1S/C22H29NO5/c1-26-12-6-16(24)14-8-17-21(14,9-12)15-7-13-11-4-5-18(27-2)22(13,17)19(15)23(10-11)20(25)28-3/h6,11,13-15,17-19H,4-5,7-10H2,1-3H3/t11-,13+,14-,15-,17+,18-,19+,21+,22-/m1/s1. The molecule has 6 aliphatic rings. The van der Waals surface area contributed by atoms with Gasteiger partial charge in [0.15, 0.2) is 5.78 Å². The van der Waals surface area contributed by atoms with Crippen molar-refractivity contribution in [2.24, 2.45) is 40.4 Å². The Kier molecular flexibility index (Phi) is 3.29. The summed E-state index contributed by atoms with van der Waals surface area (Å²) in [6, 6.07) is 0.130. The summed E-state index contributed by atoms with van der Waals surface area (Å²) in [5.74, 6) is 3.02. The molecule has 1 heterocycles. The molecule has 5 fully saturated rings. The van der Waals surface area contributed by atoms with Gasteiger partial charge in [-0.2, -0.15) is 0 Å². The minimum absolute atomic E-state index is 0.0260. The third-order valence-electron chi connectivity index (χ3n) is 9.88. The van der Waals surface area contributed by atoms with Crippen LogP contribution in [0.3, 0.4) is 0 Å². The highest BCUT2D eigenvalue weighted by molar-refractivity contribution is 5.95. The van der Waals surface area contributed by atoms with Crippen LogP contribution in [-0.4, -0.2) is 56.8 Å². The first-order chi connectivity index (χ1) is 13.5. The van der Waals surface area contributed by atoms with E-state index in [1.165, 1.54) is 7.11 Å². The number of ether oxygens (including phenoxy) is 3. The SMILES string of the molecule is COC(=O)N1C[C@H]2CC[C@@H](OC)[C@@]34[C@@H]1[C@@H](C[C@@H]23)[C@]12CC(OC)=CC(=O)[C@H]1C[C@@H]24. The molecule has 0 aromatic rings. The van der Waals surface area contributed by atoms with Gasteiger partial charge in [0.25, 0.3) is 0 Å². The maximum atomic E-state index is 12.9. The van der Waals surface area contributed by atoms with E-state index in [0.717, 1.165) is 44.4 Å². The molecule has 28 heavy (non-hydrogen) atoms. The lowest BCUT2D eigenvalue weighted by Gasteiger charge is -2.67. The lowest BCUT2D eigenvalue weighted by Crippen LogP contribution is -2.69. The molecule has 4 saturated carbocycles. The average Bonchev–Trinajstić information content (AvgIpc) is 2.98. The van der Waals surface area contributed by atoms with Crippen molar-refractivity contribution in [3.05, 3.63) is 11.8 Å². The van der Waals surface area contributed by atoms with E-state index in [1.54, 1.807) is 13.2 Å². The Morgan fingerprint density at radius 2 is 2.00 bits per heavy atom. The molecule has 5 aliphatic carbocycles. The van der Waals surface area contributed by atoms with Crippen molar-refractivity contribution in [1.29, 1.82) is 0 Å². The molecule has 5 bridgehead atoms. The van der Waals surface area contributed by atoms with Gasteiger partial charge in [-0.05, 0) is 54.8 Å². The molecule has 0 aromatic carbocycles. The quantitative estimate of drug-likeness (QED) is 0.729. The van der Waals surface area contributed by atoms with Gasteiger partial charge in [-0.1, -0.05) is 0 Å². The number of piperidine rings is 1. The van der Waals surface area contributed by atoms with Crippen molar-refractivity contribution in [2.75, 3.05) is 27.9 Å². The van der Waals surface area contributed by atoms with Crippen LogP contribution in [0, 0.1) is 40.4 Å². The minimum Gasteiger partial charge on any atom is -0.501 e. The van der Waals surface area contributed by atoms with E-state index in [9.17, 15) is 9.59 Å². The Balaban J connectivity index is 1.53. The van der Waals surface area contributed by atoms with Crippen molar-refractivity contribution in [3.8, 4) is 0 Å². The number of allylic oxidation sites excluding steroid dienone is 2. The molecule has 1 aliphatic heterocycles. The fourth-order valence-electron chi connectivity index (χ4n) is 9.37. The van der Waals surface area contributed by atoms with E-state index < -0.39 is 0 Å². The maximum absolute atomic E-state index is 12.9. The van der Waals surface area contributed by atoms with Gasteiger partial charge in [-0.25, -0.2) is 4.79 Å². The molecule has 6 rings (SSSR count). The topological polar surface area (TPSA) is 65.1 Å². The molecule has 0 unspecified atom stereocenters. The Morgan fingerprint density at radius 3 is 2.71 bits per heavy atom. The van der Waals surface area contributed by atoms with Crippen LogP contribution >= 0.6 is 0 Å². The molecular formula is C22H29NO5. The highest BCUT2D eigenvalue weighted by Crippen LogP contribution is 2.84. The van der Waals surface area contributed by atoms with Crippen LogP contribution in [0.15, 0.2) is 11.8 Å². The second-order valence-corrected chi connectivity index (χ2v) is 9.92. The Labute approximate surface area is 165 Å². The lowest BCUT2D eigenvalue weighted by atomic mass is 9.37. The van der Waals surface area contributed by atoms with Gasteiger partial charge in [-0.3, -0.25) is 4.79 Å². The Morgan fingerprint density at radius 1 is 1.18 bits per heavy atom.